The van der Waals surface area contributed by atoms with E-state index in [-0.39, 0.29) is 84.5 Å². The van der Waals surface area contributed by atoms with Gasteiger partial charge < -0.3 is 49.4 Å². The fourth-order valence-electron chi connectivity index (χ4n) is 32.4. The summed E-state index contributed by atoms with van der Waals surface area (Å²) in [5.74, 6) is 14.7. The van der Waals surface area contributed by atoms with Crippen molar-refractivity contribution in [3.05, 3.63) is 54.0 Å². The minimum atomic E-state index is -0.590. The maximum atomic E-state index is 12.2. The van der Waals surface area contributed by atoms with Crippen LogP contribution in [0.15, 0.2) is 46.6 Å². The molecule has 635 valence electrons. The fourth-order valence-corrected chi connectivity index (χ4v) is 32.4. The summed E-state index contributed by atoms with van der Waals surface area (Å²) in [6.45, 7) is 42.1. The number of carboxylic acid groups (broad SMARTS) is 1. The summed E-state index contributed by atoms with van der Waals surface area (Å²) in [7, 11) is 23.1. The molecule has 0 bridgehead atoms. The summed E-state index contributed by atoms with van der Waals surface area (Å²) >= 11 is 0. The first-order valence-electron chi connectivity index (χ1n) is 47.6. The van der Waals surface area contributed by atoms with Gasteiger partial charge in [-0.2, -0.15) is 0 Å². The number of hydrogen-bond acceptors (Lipinski definition) is 7. The molecule has 1 aliphatic heterocycles. The molecule has 17 rings (SSSR count). The van der Waals surface area contributed by atoms with Crippen LogP contribution in [0.2, 0.25) is 0 Å². The number of carbonyl (C=O) groups is 3. The number of aliphatic carboxylic acids is 1. The van der Waals surface area contributed by atoms with Crippen LogP contribution in [0, 0.1) is 187 Å². The van der Waals surface area contributed by atoms with Crippen LogP contribution in [0.1, 0.15) is 336 Å². The average Bonchev–Trinajstić information content (AvgIpc) is 1.46. The molecule has 13 fully saturated rings. The Morgan fingerprint density at radius 1 is 0.509 bits per heavy atom. The van der Waals surface area contributed by atoms with Crippen LogP contribution < -0.4 is 12.4 Å². The Labute approximate surface area is 739 Å². The van der Waals surface area contributed by atoms with Crippen molar-refractivity contribution in [3.8, 4) is 0 Å². The molecule has 12 unspecified atom stereocenters. The number of aliphatic hydroxyl groups excluding tert-OH is 1. The molecule has 3 N–H and O–H groups in total. The predicted octanol–water partition coefficient (Wildman–Crippen LogP) is 18.5. The predicted molar refractivity (Wildman–Crippen MR) is 485 cm³/mol. The van der Waals surface area contributed by atoms with Crippen molar-refractivity contribution in [1.82, 2.24) is 0 Å². The molecule has 1 heterocycles. The molecule has 116 heavy (non-hydrogen) atoms. The van der Waals surface area contributed by atoms with E-state index in [2.05, 4.69) is 121 Å². The molecule has 12 saturated carbocycles. The average molecular weight is 1610 g/mol. The monoisotopic (exact) mass is 1610 g/mol. The number of fused-ring (bicyclic) bond motifs is 20. The topological polar surface area (TPSA) is 130 Å². The molecule has 0 aromatic rings. The van der Waals surface area contributed by atoms with Crippen LogP contribution >= 0.6 is 0 Å². The molecule has 9 radical (unpaired) electrons. The van der Waals surface area contributed by atoms with Crippen LogP contribution in [0.3, 0.4) is 0 Å². The van der Waals surface area contributed by atoms with Crippen molar-refractivity contribution < 1.29 is 51.6 Å². The number of hydrogen-bond donors (Lipinski definition) is 3. The Morgan fingerprint density at radius 2 is 0.828 bits per heavy atom. The molecule has 0 aromatic carbocycles. The molecular formula is C99H161B7ClMgO8. The number of esters is 1. The van der Waals surface area contributed by atoms with Crippen LogP contribution in [-0.4, -0.2) is 139 Å². The van der Waals surface area contributed by atoms with Crippen LogP contribution in [0.5, 0.6) is 0 Å². The van der Waals surface area contributed by atoms with Crippen LogP contribution in [0.4, 0.5) is 0 Å². The third kappa shape index (κ3) is 18.6. The normalized spacial score (nSPS) is 45.1. The summed E-state index contributed by atoms with van der Waals surface area (Å²) in [6.07, 6.45) is 54.7. The second-order valence-electron chi connectivity index (χ2n) is 45.4. The fraction of sp³-hybridized carbons (Fsp3) is 0.879. The van der Waals surface area contributed by atoms with E-state index >= 15 is 0 Å². The van der Waals surface area contributed by atoms with Crippen molar-refractivity contribution in [2.24, 2.45) is 179 Å². The van der Waals surface area contributed by atoms with E-state index < -0.39 is 18.0 Å². The first-order valence-corrected chi connectivity index (χ1v) is 47.6. The van der Waals surface area contributed by atoms with Crippen molar-refractivity contribution in [1.29, 1.82) is 0 Å². The van der Waals surface area contributed by atoms with Gasteiger partial charge in [-0.3, -0.25) is 9.59 Å². The van der Waals surface area contributed by atoms with Gasteiger partial charge >= 0.3 is 35.0 Å². The number of ether oxygens (including phenoxy) is 2. The minimum absolute atomic E-state index is 0. The maximum Gasteiger partial charge on any atom is 2.00 e. The number of carboxylic acids is 1. The Hall–Kier alpha value is -1.04. The quantitative estimate of drug-likeness (QED) is 0.0648. The van der Waals surface area contributed by atoms with E-state index in [1.54, 1.807) is 23.8 Å². The molecule has 16 aliphatic carbocycles. The third-order valence-corrected chi connectivity index (χ3v) is 39.7. The van der Waals surface area contributed by atoms with Gasteiger partial charge in [0.25, 0.3) is 0 Å². The van der Waals surface area contributed by atoms with Gasteiger partial charge in [0.15, 0.2) is 0 Å². The summed E-state index contributed by atoms with van der Waals surface area (Å²) < 4.78 is 10.0. The summed E-state index contributed by atoms with van der Waals surface area (Å²) in [6, 6.07) is 0. The maximum absolute atomic E-state index is 12.2. The number of methoxy groups -OCH3 is 1. The van der Waals surface area contributed by atoms with Gasteiger partial charge in [0.05, 0.1) is 30.7 Å². The molecule has 17 heteroatoms. The number of rotatable bonds is 10. The van der Waals surface area contributed by atoms with Crippen LogP contribution in [-0.2, 0) is 23.9 Å². The largest absolute Gasteiger partial charge is 2.00 e. The zero-order chi connectivity index (χ0) is 82.1. The van der Waals surface area contributed by atoms with Gasteiger partial charge in [0.1, 0.15) is 6.29 Å². The Bertz CT molecular complexity index is 3430. The van der Waals surface area contributed by atoms with E-state index in [1.165, 1.54) is 212 Å². The minimum Gasteiger partial charge on any atom is -1.00 e. The van der Waals surface area contributed by atoms with Gasteiger partial charge in [0.2, 0.25) is 0 Å². The van der Waals surface area contributed by atoms with Gasteiger partial charge in [0, 0.05) is 69.9 Å². The Morgan fingerprint density at radius 3 is 1.13 bits per heavy atom. The second-order valence-corrected chi connectivity index (χ2v) is 45.4. The molecule has 0 amide bonds. The van der Waals surface area contributed by atoms with Gasteiger partial charge in [-0.05, 0) is 394 Å². The van der Waals surface area contributed by atoms with E-state index in [4.69, 9.17) is 40.4 Å². The zero-order valence-electron chi connectivity index (χ0n) is 77.2. The first-order chi connectivity index (χ1) is 53.2. The van der Waals surface area contributed by atoms with Gasteiger partial charge in [-0.25, -0.2) is 0 Å². The Balaban J connectivity index is 0.000000167. The standard InChI is InChI=1S/C24H40O2.C24H38O2.C23H36O2.C23H36O.C4H8O.CH3.B7.ClH.Mg/c1-15(22(2,3)26)19-8-9-20-18-7-6-16-14-17(25)10-12-23(16,4)21(18)11-13-24(19,20)5;1-15-10-12-23(3)17(14-15)6-7-18-20-9-8-19(16(2)22(25)26-5)24(20,4)13-11-21(18)23;1-14-9-11-22(3)16(13-14)5-6-17-19-8-7-18(15(2)21(24)25)23(19,4)12-10-20(17)22;1-15-9-11-22(3)17(13-15)5-6-18-20-8-7-19(16(2)14-24)23(20,4)12-10-21(18)22;1-2-4-5-3-1;;1-5-7(4)6(2)3;;/h6,15,17-21,25-26H,7-14H2,1-5H3;6,15-16,18-21H,7-14H2,1-5H3;5,14-15,17-20H,6-13H2,1-4H3,(H,24,25);5,14-16,18-21H,6-13H2,1-4H3;1-4H2;1H3;;1H;/q;;;;;-1;;;+2/p-1/t15-,17-,18?,19+,20?,21?,23-,24+;15-,16-,18?,19+,20?,21?,23-,24+;14-,15-,17?,18+,19?,20?,22-,23+;15-,16+,18?,19+,20?,21?,22-,23+;;;;;/m0000...../s1. The molecule has 1 saturated heterocycles. The summed E-state index contributed by atoms with van der Waals surface area (Å²) in [5.41, 5.74) is 9.49. The molecule has 0 spiro atoms. The molecule has 17 aliphatic rings. The van der Waals surface area contributed by atoms with Gasteiger partial charge in [-0.1, -0.05) is 150 Å². The number of aldehydes is 1. The number of aliphatic hydroxyl groups is 2. The van der Waals surface area contributed by atoms with Crippen molar-refractivity contribution >= 4 is 92.1 Å². The number of carbonyl (C=O) groups excluding carboxylic acids is 2. The summed E-state index contributed by atoms with van der Waals surface area (Å²) in [4.78, 5) is 35.3. The van der Waals surface area contributed by atoms with E-state index in [9.17, 15) is 29.7 Å². The Kier molecular flexibility index (Phi) is 33.2. The SMILES string of the molecule is C1CCOC1.COC(=O)[C@@H](C)[C@H]1CCC2C3CC=C4C[C@@H](C)CC[C@]4(C)C3CC[C@@]21C.C[C@@H]([C@H]1CCC2C3CC=C4C[C@@H](O)CC[C@]4(C)C3CC[C@@]21C)C(C)(C)O.C[C@H]1CC[C@@]2(C)C(=CCC3C2CC[C@@]2(C)C3CC[C@@H]2[C@H](C)C(=O)O)C1.C[C@H]1CC[C@@]2(C)C(=CCC3C2CC[C@@]2(C)C3CC[C@@H]2[C@H](C)C=O)C1.[B][B]B([B])B([B])[B].[CH3-].[Cl-].[Mg+2]. The second kappa shape index (κ2) is 39.1. The van der Waals surface area contributed by atoms with Crippen molar-refractivity contribution in [3.63, 3.8) is 0 Å². The zero-order valence-corrected chi connectivity index (χ0v) is 79.4. The number of halogens is 1. The molecular weight excluding hydrogens is 1450 g/mol. The van der Waals surface area contributed by atoms with E-state index in [0.717, 1.165) is 121 Å². The van der Waals surface area contributed by atoms with Gasteiger partial charge in [-0.15, -0.1) is 0 Å². The number of allylic oxidation sites excluding steroid dienone is 7. The smallest absolute Gasteiger partial charge is 1.00 e. The van der Waals surface area contributed by atoms with Crippen molar-refractivity contribution in [2.45, 2.75) is 348 Å². The molecule has 8 nitrogen and oxygen atoms in total. The van der Waals surface area contributed by atoms with E-state index in [0.29, 0.717) is 67.5 Å². The first kappa shape index (κ1) is 98.7. The molecule has 32 atom stereocenters. The van der Waals surface area contributed by atoms with E-state index in [1.807, 2.05) is 26.3 Å². The van der Waals surface area contributed by atoms with Crippen molar-refractivity contribution in [2.75, 3.05) is 20.3 Å². The summed E-state index contributed by atoms with van der Waals surface area (Å²) in [5, 5.41) is 30.4. The molecule has 0 aromatic heterocycles. The third-order valence-electron chi connectivity index (χ3n) is 39.7. The van der Waals surface area contributed by atoms with Crippen LogP contribution in [0.25, 0.3) is 0 Å².